The summed E-state index contributed by atoms with van der Waals surface area (Å²) in [6, 6.07) is 6.22. The standard InChI is InChI=1S/C8H6BrNS/c9-5-7-4-6-2-1-3-10-8(6)11-7/h1-4H,5H2. The molecule has 2 heterocycles. The molecule has 0 aliphatic carbocycles. The van der Waals surface area contributed by atoms with Gasteiger partial charge in [-0.1, -0.05) is 22.0 Å². The molecule has 2 rings (SSSR count). The van der Waals surface area contributed by atoms with Crippen molar-refractivity contribution in [1.29, 1.82) is 0 Å². The van der Waals surface area contributed by atoms with E-state index in [9.17, 15) is 0 Å². The van der Waals surface area contributed by atoms with E-state index < -0.39 is 0 Å². The van der Waals surface area contributed by atoms with E-state index in [-0.39, 0.29) is 0 Å². The summed E-state index contributed by atoms with van der Waals surface area (Å²) in [5.74, 6) is 0. The number of pyridine rings is 1. The molecule has 0 aliphatic heterocycles. The van der Waals surface area contributed by atoms with Crippen LogP contribution < -0.4 is 0 Å². The molecule has 2 aromatic heterocycles. The maximum atomic E-state index is 4.25. The van der Waals surface area contributed by atoms with E-state index in [2.05, 4.69) is 33.0 Å². The first kappa shape index (κ1) is 7.25. The summed E-state index contributed by atoms with van der Waals surface area (Å²) in [4.78, 5) is 6.71. The van der Waals surface area contributed by atoms with Crippen molar-refractivity contribution in [3.8, 4) is 0 Å². The van der Waals surface area contributed by atoms with Crippen LogP contribution in [0.15, 0.2) is 24.4 Å². The fourth-order valence-corrected chi connectivity index (χ4v) is 2.34. The van der Waals surface area contributed by atoms with Crippen molar-refractivity contribution >= 4 is 37.5 Å². The minimum atomic E-state index is 0.925. The SMILES string of the molecule is BrCc1cc2cccnc2s1. The molecule has 0 aliphatic rings. The zero-order valence-electron chi connectivity index (χ0n) is 5.75. The van der Waals surface area contributed by atoms with Crippen LogP contribution in [-0.4, -0.2) is 4.98 Å². The Hall–Kier alpha value is -0.410. The Labute approximate surface area is 77.2 Å². The van der Waals surface area contributed by atoms with Crippen LogP contribution in [-0.2, 0) is 5.33 Å². The first-order chi connectivity index (χ1) is 5.40. The Morgan fingerprint density at radius 1 is 1.55 bits per heavy atom. The van der Waals surface area contributed by atoms with Gasteiger partial charge in [0.25, 0.3) is 0 Å². The fraction of sp³-hybridized carbons (Fsp3) is 0.125. The average Bonchev–Trinajstić information content (AvgIpc) is 2.46. The number of halogens is 1. The van der Waals surface area contributed by atoms with E-state index in [0.717, 1.165) is 10.2 Å². The molecule has 0 bridgehead atoms. The number of thiophene rings is 1. The molecule has 2 aromatic rings. The molecule has 1 nitrogen and oxygen atoms in total. The first-order valence-electron chi connectivity index (χ1n) is 3.29. The molecule has 0 atom stereocenters. The lowest BCUT2D eigenvalue weighted by atomic mass is 10.3. The Morgan fingerprint density at radius 3 is 3.18 bits per heavy atom. The van der Waals surface area contributed by atoms with Crippen molar-refractivity contribution in [2.24, 2.45) is 0 Å². The van der Waals surface area contributed by atoms with Crippen LogP contribution in [0.2, 0.25) is 0 Å². The third-order valence-corrected chi connectivity index (χ3v) is 3.51. The maximum absolute atomic E-state index is 4.25. The zero-order valence-corrected chi connectivity index (χ0v) is 8.15. The molecular weight excluding hydrogens is 222 g/mol. The van der Waals surface area contributed by atoms with E-state index in [1.807, 2.05) is 12.3 Å². The van der Waals surface area contributed by atoms with Crippen molar-refractivity contribution in [2.45, 2.75) is 5.33 Å². The summed E-state index contributed by atoms with van der Waals surface area (Å²) in [6.07, 6.45) is 1.83. The van der Waals surface area contributed by atoms with Crippen molar-refractivity contribution in [1.82, 2.24) is 4.98 Å². The predicted octanol–water partition coefficient (Wildman–Crippen LogP) is 3.19. The fourth-order valence-electron chi connectivity index (χ4n) is 0.991. The molecular formula is C8H6BrNS. The molecule has 0 fully saturated rings. The Balaban J connectivity index is 2.69. The second-order valence-electron chi connectivity index (χ2n) is 2.24. The summed E-state index contributed by atoms with van der Waals surface area (Å²) in [7, 11) is 0. The van der Waals surface area contributed by atoms with Gasteiger partial charge >= 0.3 is 0 Å². The number of alkyl halides is 1. The van der Waals surface area contributed by atoms with Gasteiger partial charge in [-0.2, -0.15) is 0 Å². The van der Waals surface area contributed by atoms with Crippen LogP contribution in [0.25, 0.3) is 10.2 Å². The molecule has 56 valence electrons. The van der Waals surface area contributed by atoms with Gasteiger partial charge in [0.2, 0.25) is 0 Å². The lowest BCUT2D eigenvalue weighted by Crippen LogP contribution is -1.65. The Morgan fingerprint density at radius 2 is 2.45 bits per heavy atom. The van der Waals surface area contributed by atoms with Gasteiger partial charge in [0.1, 0.15) is 4.83 Å². The molecule has 0 unspecified atom stereocenters. The number of hydrogen-bond acceptors (Lipinski definition) is 2. The summed E-state index contributed by atoms with van der Waals surface area (Å²) in [6.45, 7) is 0. The zero-order chi connectivity index (χ0) is 7.68. The van der Waals surface area contributed by atoms with Gasteiger partial charge < -0.3 is 0 Å². The average molecular weight is 228 g/mol. The van der Waals surface area contributed by atoms with Crippen molar-refractivity contribution < 1.29 is 0 Å². The highest BCUT2D eigenvalue weighted by Gasteiger charge is 1.98. The summed E-state index contributed by atoms with van der Waals surface area (Å²) < 4.78 is 0. The number of hydrogen-bond donors (Lipinski definition) is 0. The molecule has 0 saturated heterocycles. The van der Waals surface area contributed by atoms with E-state index in [0.29, 0.717) is 0 Å². The monoisotopic (exact) mass is 227 g/mol. The molecule has 0 aromatic carbocycles. The quantitative estimate of drug-likeness (QED) is 0.683. The van der Waals surface area contributed by atoms with Crippen molar-refractivity contribution in [2.75, 3.05) is 0 Å². The molecule has 0 saturated carbocycles. The topological polar surface area (TPSA) is 12.9 Å². The molecule has 0 N–H and O–H groups in total. The lowest BCUT2D eigenvalue weighted by Gasteiger charge is -1.81. The minimum Gasteiger partial charge on any atom is -0.245 e. The smallest absolute Gasteiger partial charge is 0.123 e. The van der Waals surface area contributed by atoms with Crippen molar-refractivity contribution in [3.63, 3.8) is 0 Å². The molecule has 0 spiro atoms. The van der Waals surface area contributed by atoms with E-state index in [1.54, 1.807) is 11.3 Å². The largest absolute Gasteiger partial charge is 0.245 e. The van der Waals surface area contributed by atoms with Crippen LogP contribution in [0.3, 0.4) is 0 Å². The Bertz CT molecular complexity index is 336. The highest BCUT2D eigenvalue weighted by Crippen LogP contribution is 2.24. The van der Waals surface area contributed by atoms with Gasteiger partial charge in [-0.3, -0.25) is 0 Å². The van der Waals surface area contributed by atoms with Gasteiger partial charge in [-0.25, -0.2) is 4.98 Å². The van der Waals surface area contributed by atoms with Crippen LogP contribution in [0.5, 0.6) is 0 Å². The highest BCUT2D eigenvalue weighted by molar-refractivity contribution is 9.08. The third-order valence-electron chi connectivity index (χ3n) is 1.48. The van der Waals surface area contributed by atoms with Gasteiger partial charge in [0.15, 0.2) is 0 Å². The van der Waals surface area contributed by atoms with Crippen LogP contribution in [0.1, 0.15) is 4.88 Å². The molecule has 11 heavy (non-hydrogen) atoms. The predicted molar refractivity (Wildman–Crippen MR) is 52.3 cm³/mol. The van der Waals surface area contributed by atoms with Crippen LogP contribution in [0.4, 0.5) is 0 Å². The number of aromatic nitrogens is 1. The summed E-state index contributed by atoms with van der Waals surface area (Å²) in [5.41, 5.74) is 0. The number of rotatable bonds is 1. The normalized spacial score (nSPS) is 10.6. The van der Waals surface area contributed by atoms with Gasteiger partial charge in [0, 0.05) is 21.8 Å². The van der Waals surface area contributed by atoms with Gasteiger partial charge in [0.05, 0.1) is 0 Å². The highest BCUT2D eigenvalue weighted by atomic mass is 79.9. The molecule has 0 radical (unpaired) electrons. The summed E-state index contributed by atoms with van der Waals surface area (Å²) >= 11 is 5.16. The van der Waals surface area contributed by atoms with E-state index in [1.165, 1.54) is 10.3 Å². The Kier molecular flexibility index (Phi) is 1.92. The minimum absolute atomic E-state index is 0.925. The second-order valence-corrected chi connectivity index (χ2v) is 3.92. The van der Waals surface area contributed by atoms with Gasteiger partial charge in [-0.05, 0) is 12.1 Å². The van der Waals surface area contributed by atoms with E-state index >= 15 is 0 Å². The maximum Gasteiger partial charge on any atom is 0.123 e. The lowest BCUT2D eigenvalue weighted by molar-refractivity contribution is 1.45. The van der Waals surface area contributed by atoms with Crippen LogP contribution in [0, 0.1) is 0 Å². The van der Waals surface area contributed by atoms with Crippen molar-refractivity contribution in [3.05, 3.63) is 29.3 Å². The third kappa shape index (κ3) is 1.30. The van der Waals surface area contributed by atoms with E-state index in [4.69, 9.17) is 0 Å². The number of fused-ring (bicyclic) bond motifs is 1. The molecule has 0 amide bonds. The second kappa shape index (κ2) is 2.91. The van der Waals surface area contributed by atoms with Crippen LogP contribution >= 0.6 is 27.3 Å². The first-order valence-corrected chi connectivity index (χ1v) is 5.23. The molecule has 3 heteroatoms. The summed E-state index contributed by atoms with van der Waals surface area (Å²) in [5, 5.41) is 2.17. The van der Waals surface area contributed by atoms with Gasteiger partial charge in [-0.15, -0.1) is 11.3 Å². The number of nitrogens with zero attached hydrogens (tertiary/aromatic N) is 1.